The number of nitrogens with zero attached hydrogens (tertiary/aromatic N) is 1. The van der Waals surface area contributed by atoms with Gasteiger partial charge in [-0.15, -0.1) is 0 Å². The molecule has 2 aliphatic heterocycles. The second kappa shape index (κ2) is 7.30. The lowest BCUT2D eigenvalue weighted by molar-refractivity contribution is -0.122. The number of ether oxygens (including phenoxy) is 4. The molecule has 0 aliphatic carbocycles. The van der Waals surface area contributed by atoms with Gasteiger partial charge in [-0.05, 0) is 24.3 Å². The summed E-state index contributed by atoms with van der Waals surface area (Å²) in [7, 11) is 3.08. The molecule has 0 saturated carbocycles. The van der Waals surface area contributed by atoms with Crippen molar-refractivity contribution in [3.63, 3.8) is 0 Å². The van der Waals surface area contributed by atoms with Crippen molar-refractivity contribution in [3.8, 4) is 23.0 Å². The Morgan fingerprint density at radius 3 is 2.64 bits per heavy atom. The number of fused-ring (bicyclic) bond motifs is 1. The summed E-state index contributed by atoms with van der Waals surface area (Å²) in [5.41, 5.74) is 1.27. The maximum Gasteiger partial charge on any atom is 0.231 e. The molecule has 2 aliphatic rings. The highest BCUT2D eigenvalue weighted by molar-refractivity contribution is 6.03. The number of rotatable bonds is 5. The van der Waals surface area contributed by atoms with Gasteiger partial charge in [0.25, 0.3) is 0 Å². The van der Waals surface area contributed by atoms with E-state index < -0.39 is 5.92 Å². The van der Waals surface area contributed by atoms with Gasteiger partial charge in [0.2, 0.25) is 18.6 Å². The molecule has 0 spiro atoms. The predicted molar refractivity (Wildman–Crippen MR) is 101 cm³/mol. The molecule has 1 saturated heterocycles. The molecule has 1 fully saturated rings. The highest BCUT2D eigenvalue weighted by Gasteiger charge is 2.35. The summed E-state index contributed by atoms with van der Waals surface area (Å²) in [6.07, 6.45) is 0.146. The van der Waals surface area contributed by atoms with Gasteiger partial charge in [0.15, 0.2) is 23.0 Å². The van der Waals surface area contributed by atoms with Crippen molar-refractivity contribution in [1.82, 2.24) is 0 Å². The smallest absolute Gasteiger partial charge is 0.231 e. The lowest BCUT2D eigenvalue weighted by Gasteiger charge is -2.17. The first-order chi connectivity index (χ1) is 13.6. The molecular formula is C20H20N2O6. The molecule has 2 aromatic rings. The zero-order valence-electron chi connectivity index (χ0n) is 15.6. The third-order valence-corrected chi connectivity index (χ3v) is 4.81. The molecule has 1 unspecified atom stereocenters. The maximum atomic E-state index is 12.7. The fraction of sp³-hybridized carbons (Fsp3) is 0.300. The molecule has 2 aromatic carbocycles. The molecule has 0 aromatic heterocycles. The lowest BCUT2D eigenvalue weighted by Crippen LogP contribution is -2.28. The van der Waals surface area contributed by atoms with Crippen molar-refractivity contribution in [2.75, 3.05) is 37.8 Å². The van der Waals surface area contributed by atoms with Crippen LogP contribution < -0.4 is 29.2 Å². The number of anilines is 2. The Morgan fingerprint density at radius 2 is 1.86 bits per heavy atom. The predicted octanol–water partition coefficient (Wildman–Crippen LogP) is 2.42. The van der Waals surface area contributed by atoms with E-state index in [9.17, 15) is 9.59 Å². The minimum absolute atomic E-state index is 0.105. The van der Waals surface area contributed by atoms with E-state index in [1.165, 1.54) is 7.11 Å². The Morgan fingerprint density at radius 1 is 1.07 bits per heavy atom. The van der Waals surface area contributed by atoms with Gasteiger partial charge in [-0.25, -0.2) is 0 Å². The molecule has 4 rings (SSSR count). The van der Waals surface area contributed by atoms with E-state index in [0.29, 0.717) is 40.9 Å². The van der Waals surface area contributed by atoms with Crippen molar-refractivity contribution in [1.29, 1.82) is 0 Å². The van der Waals surface area contributed by atoms with E-state index in [1.54, 1.807) is 48.4 Å². The Hall–Kier alpha value is -3.42. The van der Waals surface area contributed by atoms with Gasteiger partial charge in [0.1, 0.15) is 0 Å². The van der Waals surface area contributed by atoms with Gasteiger partial charge in [-0.2, -0.15) is 0 Å². The molecule has 2 amide bonds. The Labute approximate surface area is 161 Å². The van der Waals surface area contributed by atoms with Gasteiger partial charge in [-0.3, -0.25) is 9.59 Å². The van der Waals surface area contributed by atoms with Gasteiger partial charge in [0, 0.05) is 36.5 Å². The lowest BCUT2D eigenvalue weighted by atomic mass is 10.1. The highest BCUT2D eigenvalue weighted by atomic mass is 16.7. The minimum Gasteiger partial charge on any atom is -0.493 e. The summed E-state index contributed by atoms with van der Waals surface area (Å²) < 4.78 is 21.1. The number of methoxy groups -OCH3 is 2. The molecule has 2 heterocycles. The quantitative estimate of drug-likeness (QED) is 0.852. The van der Waals surface area contributed by atoms with Crippen molar-refractivity contribution in [2.24, 2.45) is 5.92 Å². The Balaban J connectivity index is 1.46. The van der Waals surface area contributed by atoms with Crippen molar-refractivity contribution >= 4 is 23.2 Å². The second-order valence-corrected chi connectivity index (χ2v) is 6.50. The third-order valence-electron chi connectivity index (χ3n) is 4.81. The average Bonchev–Trinajstić information content (AvgIpc) is 3.33. The van der Waals surface area contributed by atoms with Crippen LogP contribution in [-0.4, -0.2) is 39.4 Å². The van der Waals surface area contributed by atoms with Gasteiger partial charge >= 0.3 is 0 Å². The van der Waals surface area contributed by atoms with Crippen LogP contribution in [0.4, 0.5) is 11.4 Å². The van der Waals surface area contributed by atoms with E-state index in [1.807, 2.05) is 0 Å². The van der Waals surface area contributed by atoms with Crippen LogP contribution in [0.1, 0.15) is 6.42 Å². The van der Waals surface area contributed by atoms with Gasteiger partial charge < -0.3 is 29.2 Å². The van der Waals surface area contributed by atoms with Crippen molar-refractivity contribution < 1.29 is 28.5 Å². The van der Waals surface area contributed by atoms with Gasteiger partial charge in [0.05, 0.1) is 20.1 Å². The standard InChI is InChI=1S/C20H20N2O6/c1-25-15-5-3-13(8-17(15)26-2)21-20(24)12-7-19(23)22(10-12)14-4-6-16-18(9-14)28-11-27-16/h3-6,8-9,12H,7,10-11H2,1-2H3,(H,21,24). The fourth-order valence-electron chi connectivity index (χ4n) is 3.34. The summed E-state index contributed by atoms with van der Waals surface area (Å²) >= 11 is 0. The molecule has 8 nitrogen and oxygen atoms in total. The number of hydrogen-bond donors (Lipinski definition) is 1. The highest BCUT2D eigenvalue weighted by Crippen LogP contribution is 2.37. The maximum absolute atomic E-state index is 12.7. The summed E-state index contributed by atoms with van der Waals surface area (Å²) in [5.74, 6) is 1.57. The van der Waals surface area contributed by atoms with Crippen LogP contribution in [-0.2, 0) is 9.59 Å². The van der Waals surface area contributed by atoms with Crippen LogP contribution in [0.25, 0.3) is 0 Å². The molecule has 0 radical (unpaired) electrons. The number of carbonyl (C=O) groups is 2. The van der Waals surface area contributed by atoms with Crippen LogP contribution in [0.5, 0.6) is 23.0 Å². The minimum atomic E-state index is -0.453. The van der Waals surface area contributed by atoms with Crippen molar-refractivity contribution in [3.05, 3.63) is 36.4 Å². The normalized spacial score (nSPS) is 17.6. The Bertz CT molecular complexity index is 929. The summed E-state index contributed by atoms with van der Waals surface area (Å²) in [5, 5.41) is 2.85. The molecule has 1 atom stereocenters. The third kappa shape index (κ3) is 3.28. The molecule has 28 heavy (non-hydrogen) atoms. The number of hydrogen-bond acceptors (Lipinski definition) is 6. The van der Waals surface area contributed by atoms with E-state index in [4.69, 9.17) is 18.9 Å². The number of nitrogens with one attached hydrogen (secondary N) is 1. The largest absolute Gasteiger partial charge is 0.493 e. The topological polar surface area (TPSA) is 86.3 Å². The summed E-state index contributed by atoms with van der Waals surface area (Å²) in [6.45, 7) is 0.473. The Kier molecular flexibility index (Phi) is 4.68. The number of benzene rings is 2. The first kappa shape index (κ1) is 18.0. The molecule has 1 N–H and O–H groups in total. The first-order valence-electron chi connectivity index (χ1n) is 8.82. The van der Waals surface area contributed by atoms with Gasteiger partial charge in [-0.1, -0.05) is 0 Å². The van der Waals surface area contributed by atoms with E-state index >= 15 is 0 Å². The van der Waals surface area contributed by atoms with Crippen LogP contribution in [0, 0.1) is 5.92 Å². The zero-order valence-corrected chi connectivity index (χ0v) is 15.6. The van der Waals surface area contributed by atoms with E-state index in [2.05, 4.69) is 5.32 Å². The van der Waals surface area contributed by atoms with E-state index in [-0.39, 0.29) is 25.0 Å². The summed E-state index contributed by atoms with van der Waals surface area (Å²) in [6, 6.07) is 10.4. The van der Waals surface area contributed by atoms with Crippen LogP contribution in [0.2, 0.25) is 0 Å². The fourth-order valence-corrected chi connectivity index (χ4v) is 3.34. The van der Waals surface area contributed by atoms with Crippen molar-refractivity contribution in [2.45, 2.75) is 6.42 Å². The van der Waals surface area contributed by atoms with Crippen LogP contribution >= 0.6 is 0 Å². The molecule has 8 heteroatoms. The van der Waals surface area contributed by atoms with Crippen LogP contribution in [0.3, 0.4) is 0 Å². The molecule has 0 bridgehead atoms. The van der Waals surface area contributed by atoms with Crippen LogP contribution in [0.15, 0.2) is 36.4 Å². The summed E-state index contributed by atoms with van der Waals surface area (Å²) in [4.78, 5) is 26.7. The molecule has 146 valence electrons. The number of amides is 2. The molecular weight excluding hydrogens is 364 g/mol. The SMILES string of the molecule is COc1ccc(NC(=O)C2CC(=O)N(c3ccc4c(c3)OCO4)C2)cc1OC. The first-order valence-corrected chi connectivity index (χ1v) is 8.82. The zero-order chi connectivity index (χ0) is 19.7. The average molecular weight is 384 g/mol. The van der Waals surface area contributed by atoms with E-state index in [0.717, 1.165) is 0 Å². The monoisotopic (exact) mass is 384 g/mol. The number of carbonyl (C=O) groups excluding carboxylic acids is 2. The second-order valence-electron chi connectivity index (χ2n) is 6.50.